The molecule has 1 heterocycles. The van der Waals surface area contributed by atoms with Gasteiger partial charge in [0.1, 0.15) is 5.15 Å². The second kappa shape index (κ2) is 3.74. The Balaban J connectivity index is 3.05. The van der Waals surface area contributed by atoms with Gasteiger partial charge in [0.15, 0.2) is 0 Å². The zero-order valence-electron chi connectivity index (χ0n) is 6.16. The molecule has 0 aliphatic carbocycles. The van der Waals surface area contributed by atoms with E-state index in [4.69, 9.17) is 22.6 Å². The molecule has 0 atom stereocenters. The van der Waals surface area contributed by atoms with Crippen molar-refractivity contribution in [1.29, 1.82) is 5.26 Å². The monoisotopic (exact) mass is 179 g/mol. The van der Waals surface area contributed by atoms with Gasteiger partial charge in [-0.05, 0) is 12.1 Å². The summed E-state index contributed by atoms with van der Waals surface area (Å²) in [5.74, 6) is 0. The van der Waals surface area contributed by atoms with E-state index in [0.29, 0.717) is 16.4 Å². The molecule has 3 nitrogen and oxygen atoms in total. The molecular formula is C8H6ClN3. The summed E-state index contributed by atoms with van der Waals surface area (Å²) in [5, 5.41) is 8.68. The van der Waals surface area contributed by atoms with Crippen molar-refractivity contribution in [3.8, 4) is 6.07 Å². The van der Waals surface area contributed by atoms with E-state index in [-0.39, 0.29) is 0 Å². The van der Waals surface area contributed by atoms with Gasteiger partial charge in [-0.25, -0.2) is 4.98 Å². The Morgan fingerprint density at radius 1 is 1.75 bits per heavy atom. The van der Waals surface area contributed by atoms with Crippen LogP contribution in [0.25, 0.3) is 5.70 Å². The molecule has 1 aromatic rings. The van der Waals surface area contributed by atoms with Crippen molar-refractivity contribution in [2.45, 2.75) is 0 Å². The molecule has 0 radical (unpaired) electrons. The lowest BCUT2D eigenvalue weighted by Crippen LogP contribution is -1.95. The molecule has 1 rings (SSSR count). The van der Waals surface area contributed by atoms with Gasteiger partial charge in [0.25, 0.3) is 0 Å². The molecule has 0 fully saturated rings. The van der Waals surface area contributed by atoms with Gasteiger partial charge in [0.05, 0.1) is 6.07 Å². The Labute approximate surface area is 75.1 Å². The van der Waals surface area contributed by atoms with E-state index in [1.165, 1.54) is 12.3 Å². The Morgan fingerprint density at radius 2 is 2.50 bits per heavy atom. The summed E-state index contributed by atoms with van der Waals surface area (Å²) in [6.07, 6.45) is 2.79. The van der Waals surface area contributed by atoms with Crippen LogP contribution in [0.4, 0.5) is 0 Å². The number of hydrogen-bond acceptors (Lipinski definition) is 3. The summed E-state index contributed by atoms with van der Waals surface area (Å²) in [6, 6.07) is 5.13. The maximum Gasteiger partial charge on any atom is 0.129 e. The number of aromatic nitrogens is 1. The first-order valence-electron chi connectivity index (χ1n) is 3.21. The first-order valence-corrected chi connectivity index (χ1v) is 3.59. The second-order valence-electron chi connectivity index (χ2n) is 2.10. The lowest BCUT2D eigenvalue weighted by Gasteiger charge is -1.98. The highest BCUT2D eigenvalue weighted by Crippen LogP contribution is 2.11. The van der Waals surface area contributed by atoms with E-state index in [2.05, 4.69) is 4.98 Å². The molecule has 0 aliphatic heterocycles. The van der Waals surface area contributed by atoms with Crippen molar-refractivity contribution >= 4 is 17.3 Å². The van der Waals surface area contributed by atoms with Crippen LogP contribution in [-0.4, -0.2) is 4.98 Å². The van der Waals surface area contributed by atoms with Gasteiger partial charge in [0.2, 0.25) is 0 Å². The third-order valence-corrected chi connectivity index (χ3v) is 1.49. The van der Waals surface area contributed by atoms with Crippen LogP contribution >= 0.6 is 11.6 Å². The summed E-state index contributed by atoms with van der Waals surface area (Å²) in [6.45, 7) is 0. The number of nitriles is 1. The molecule has 60 valence electrons. The average Bonchev–Trinajstić information content (AvgIpc) is 2.05. The van der Waals surface area contributed by atoms with Crippen molar-refractivity contribution in [2.75, 3.05) is 0 Å². The maximum absolute atomic E-state index is 8.31. The molecule has 0 bridgehead atoms. The van der Waals surface area contributed by atoms with Crippen molar-refractivity contribution < 1.29 is 0 Å². The standard InChI is InChI=1S/C8H6ClN3/c9-8-5-6(2-4-12-8)7(11)1-3-10/h1-2,4-5H,11H2/b7-1+. The van der Waals surface area contributed by atoms with Crippen LogP contribution in [0, 0.1) is 11.3 Å². The van der Waals surface area contributed by atoms with Gasteiger partial charge >= 0.3 is 0 Å². The normalized spacial score (nSPS) is 10.8. The molecule has 0 unspecified atom stereocenters. The number of pyridine rings is 1. The van der Waals surface area contributed by atoms with Gasteiger partial charge in [0, 0.05) is 23.5 Å². The molecule has 0 saturated heterocycles. The minimum absolute atomic E-state index is 0.363. The molecule has 0 aliphatic rings. The van der Waals surface area contributed by atoms with Gasteiger partial charge in [-0.1, -0.05) is 11.6 Å². The van der Waals surface area contributed by atoms with Crippen LogP contribution in [0.5, 0.6) is 0 Å². The smallest absolute Gasteiger partial charge is 0.129 e. The number of nitrogens with zero attached hydrogens (tertiary/aromatic N) is 2. The predicted molar refractivity (Wildman–Crippen MR) is 47.0 cm³/mol. The van der Waals surface area contributed by atoms with Crippen LogP contribution in [0.3, 0.4) is 0 Å². The first-order chi connectivity index (χ1) is 5.74. The quantitative estimate of drug-likeness (QED) is 0.526. The molecule has 0 spiro atoms. The summed E-state index contributed by atoms with van der Waals surface area (Å²) in [7, 11) is 0. The van der Waals surface area contributed by atoms with E-state index in [1.54, 1.807) is 12.1 Å². The predicted octanol–water partition coefficient (Wildman–Crippen LogP) is 1.56. The topological polar surface area (TPSA) is 62.7 Å². The number of halogens is 1. The number of rotatable bonds is 1. The second-order valence-corrected chi connectivity index (χ2v) is 2.48. The first kappa shape index (κ1) is 8.57. The lowest BCUT2D eigenvalue weighted by atomic mass is 10.2. The molecule has 4 heteroatoms. The van der Waals surface area contributed by atoms with Gasteiger partial charge < -0.3 is 5.73 Å². The van der Waals surface area contributed by atoms with Crippen molar-refractivity contribution in [1.82, 2.24) is 4.98 Å². The van der Waals surface area contributed by atoms with Crippen LogP contribution in [0.15, 0.2) is 24.4 Å². The van der Waals surface area contributed by atoms with Crippen molar-refractivity contribution in [3.63, 3.8) is 0 Å². The largest absolute Gasteiger partial charge is 0.398 e. The van der Waals surface area contributed by atoms with E-state index >= 15 is 0 Å². The third kappa shape index (κ3) is 1.97. The molecule has 2 N–H and O–H groups in total. The lowest BCUT2D eigenvalue weighted by molar-refractivity contribution is 1.31. The SMILES string of the molecule is N#C/C=C(/N)c1ccnc(Cl)c1. The van der Waals surface area contributed by atoms with E-state index in [1.807, 2.05) is 6.07 Å². The Hall–Kier alpha value is -1.53. The minimum atomic E-state index is 0.363. The maximum atomic E-state index is 8.31. The van der Waals surface area contributed by atoms with Crippen LogP contribution in [0.2, 0.25) is 5.15 Å². The molecule has 1 aromatic heterocycles. The summed E-state index contributed by atoms with van der Waals surface area (Å²) < 4.78 is 0. The fourth-order valence-corrected chi connectivity index (χ4v) is 0.909. The van der Waals surface area contributed by atoms with E-state index < -0.39 is 0 Å². The third-order valence-electron chi connectivity index (χ3n) is 1.28. The summed E-state index contributed by atoms with van der Waals surface area (Å²) in [5.41, 5.74) is 6.62. The molecule has 0 aromatic carbocycles. The Kier molecular flexibility index (Phi) is 2.67. The molecule has 12 heavy (non-hydrogen) atoms. The van der Waals surface area contributed by atoms with Crippen LogP contribution < -0.4 is 5.73 Å². The zero-order chi connectivity index (χ0) is 8.97. The minimum Gasteiger partial charge on any atom is -0.398 e. The highest BCUT2D eigenvalue weighted by atomic mass is 35.5. The average molecular weight is 180 g/mol. The van der Waals surface area contributed by atoms with Crippen molar-refractivity contribution in [3.05, 3.63) is 35.1 Å². The van der Waals surface area contributed by atoms with Crippen molar-refractivity contribution in [2.24, 2.45) is 5.73 Å². The van der Waals surface area contributed by atoms with Gasteiger partial charge in [-0.3, -0.25) is 0 Å². The number of allylic oxidation sites excluding steroid dienone is 1. The molecule has 0 saturated carbocycles. The fourth-order valence-electron chi connectivity index (χ4n) is 0.735. The number of nitrogens with two attached hydrogens (primary N) is 1. The molecular weight excluding hydrogens is 174 g/mol. The van der Waals surface area contributed by atoms with Gasteiger partial charge in [-0.2, -0.15) is 5.26 Å². The Bertz CT molecular complexity index is 352. The summed E-state index contributed by atoms with van der Waals surface area (Å²) >= 11 is 5.61. The van der Waals surface area contributed by atoms with E-state index in [9.17, 15) is 0 Å². The fraction of sp³-hybridized carbons (Fsp3) is 0. The van der Waals surface area contributed by atoms with Gasteiger partial charge in [-0.15, -0.1) is 0 Å². The number of hydrogen-bond donors (Lipinski definition) is 1. The Morgan fingerprint density at radius 3 is 3.08 bits per heavy atom. The van der Waals surface area contributed by atoms with Crippen LogP contribution in [0.1, 0.15) is 5.56 Å². The summed E-state index contributed by atoms with van der Waals surface area (Å²) in [4.78, 5) is 3.78. The van der Waals surface area contributed by atoms with Crippen LogP contribution in [-0.2, 0) is 0 Å². The highest BCUT2D eigenvalue weighted by molar-refractivity contribution is 6.29. The van der Waals surface area contributed by atoms with E-state index in [0.717, 1.165) is 0 Å². The molecule has 0 amide bonds. The zero-order valence-corrected chi connectivity index (χ0v) is 6.92. The highest BCUT2D eigenvalue weighted by Gasteiger charge is 1.96.